The van der Waals surface area contributed by atoms with Gasteiger partial charge in [0.2, 0.25) is 11.8 Å². The Kier molecular flexibility index (Phi) is 9.28. The van der Waals surface area contributed by atoms with Gasteiger partial charge in [-0.15, -0.1) is 0 Å². The van der Waals surface area contributed by atoms with Crippen LogP contribution in [0.4, 0.5) is 5.69 Å². The lowest BCUT2D eigenvalue weighted by Gasteiger charge is -2.32. The van der Waals surface area contributed by atoms with Crippen molar-refractivity contribution in [3.05, 3.63) is 94.5 Å². The van der Waals surface area contributed by atoms with Gasteiger partial charge in [0.1, 0.15) is 12.6 Å². The Balaban J connectivity index is 2.00. The van der Waals surface area contributed by atoms with Crippen LogP contribution in [0.25, 0.3) is 0 Å². The molecule has 0 aliphatic carbocycles. The Morgan fingerprint density at radius 1 is 0.944 bits per heavy atom. The Morgan fingerprint density at radius 3 is 2.14 bits per heavy atom. The Morgan fingerprint density at radius 2 is 1.56 bits per heavy atom. The number of amides is 2. The minimum atomic E-state index is -4.06. The maximum Gasteiger partial charge on any atom is 0.264 e. The Bertz CT molecular complexity index is 1280. The summed E-state index contributed by atoms with van der Waals surface area (Å²) in [6.07, 6.45) is 0. The molecule has 36 heavy (non-hydrogen) atoms. The molecule has 3 aromatic rings. The number of nitrogens with zero attached hydrogens (tertiary/aromatic N) is 2. The van der Waals surface area contributed by atoms with Gasteiger partial charge >= 0.3 is 0 Å². The maximum absolute atomic E-state index is 13.7. The third-order valence-electron chi connectivity index (χ3n) is 5.72. The molecule has 2 amide bonds. The fourth-order valence-electron chi connectivity index (χ4n) is 3.65. The van der Waals surface area contributed by atoms with Crippen LogP contribution in [0.3, 0.4) is 0 Å². The molecule has 0 radical (unpaired) electrons. The van der Waals surface area contributed by atoms with Crippen molar-refractivity contribution in [1.82, 2.24) is 10.2 Å². The summed E-state index contributed by atoms with van der Waals surface area (Å²) in [5.74, 6) is -0.796. The molecular formula is C27H30BrN3O4S. The van der Waals surface area contributed by atoms with Crippen molar-refractivity contribution >= 4 is 43.5 Å². The zero-order valence-electron chi connectivity index (χ0n) is 20.5. The van der Waals surface area contributed by atoms with Crippen LogP contribution in [0, 0.1) is 6.92 Å². The SMILES string of the molecule is CCNC(=O)[C@@H](C)N(Cc1ccc(C)cc1)C(=O)CN(c1ccc(Br)cc1)S(=O)(=O)c1ccccc1. The van der Waals surface area contributed by atoms with E-state index in [1.165, 1.54) is 17.0 Å². The predicted octanol–water partition coefficient (Wildman–Crippen LogP) is 4.51. The van der Waals surface area contributed by atoms with E-state index >= 15 is 0 Å². The molecule has 0 fully saturated rings. The second kappa shape index (κ2) is 12.2. The third kappa shape index (κ3) is 6.73. The first-order valence-electron chi connectivity index (χ1n) is 11.6. The van der Waals surface area contributed by atoms with Gasteiger partial charge in [-0.1, -0.05) is 64.0 Å². The summed E-state index contributed by atoms with van der Waals surface area (Å²) in [7, 11) is -4.06. The van der Waals surface area contributed by atoms with E-state index in [4.69, 9.17) is 0 Å². The summed E-state index contributed by atoms with van der Waals surface area (Å²) in [6, 6.07) is 21.5. The molecule has 190 valence electrons. The number of hydrogen-bond acceptors (Lipinski definition) is 4. The van der Waals surface area contributed by atoms with Gasteiger partial charge < -0.3 is 10.2 Å². The first kappa shape index (κ1) is 27.4. The molecule has 0 aliphatic heterocycles. The van der Waals surface area contributed by atoms with E-state index in [2.05, 4.69) is 21.2 Å². The Labute approximate surface area is 221 Å². The van der Waals surface area contributed by atoms with Gasteiger partial charge in [0.25, 0.3) is 10.0 Å². The summed E-state index contributed by atoms with van der Waals surface area (Å²) < 4.78 is 29.1. The second-order valence-corrected chi connectivity index (χ2v) is 11.2. The molecule has 1 atom stereocenters. The molecule has 0 saturated carbocycles. The third-order valence-corrected chi connectivity index (χ3v) is 8.03. The van der Waals surface area contributed by atoms with Crippen molar-refractivity contribution in [2.45, 2.75) is 38.3 Å². The number of aryl methyl sites for hydroxylation is 1. The van der Waals surface area contributed by atoms with Gasteiger partial charge in [-0.2, -0.15) is 0 Å². The minimum Gasteiger partial charge on any atom is -0.355 e. The normalized spacial score (nSPS) is 12.0. The van der Waals surface area contributed by atoms with Crippen LogP contribution in [-0.2, 0) is 26.2 Å². The lowest BCUT2D eigenvalue weighted by Crippen LogP contribution is -2.51. The molecule has 0 heterocycles. The van der Waals surface area contributed by atoms with Crippen molar-refractivity contribution in [3.8, 4) is 0 Å². The smallest absolute Gasteiger partial charge is 0.264 e. The van der Waals surface area contributed by atoms with E-state index in [1.54, 1.807) is 56.3 Å². The van der Waals surface area contributed by atoms with Crippen LogP contribution in [0.1, 0.15) is 25.0 Å². The summed E-state index contributed by atoms with van der Waals surface area (Å²) in [5.41, 5.74) is 2.26. The van der Waals surface area contributed by atoms with Crippen LogP contribution in [0.2, 0.25) is 0 Å². The molecule has 0 aromatic heterocycles. The van der Waals surface area contributed by atoms with Crippen LogP contribution in [-0.4, -0.2) is 44.3 Å². The predicted molar refractivity (Wildman–Crippen MR) is 145 cm³/mol. The van der Waals surface area contributed by atoms with Crippen molar-refractivity contribution in [1.29, 1.82) is 0 Å². The summed E-state index contributed by atoms with van der Waals surface area (Å²) in [6.45, 7) is 5.54. The highest BCUT2D eigenvalue weighted by Crippen LogP contribution is 2.26. The largest absolute Gasteiger partial charge is 0.355 e. The van der Waals surface area contributed by atoms with Crippen LogP contribution >= 0.6 is 15.9 Å². The number of likely N-dealkylation sites (N-methyl/N-ethyl adjacent to an activating group) is 1. The number of hydrogen-bond donors (Lipinski definition) is 1. The van der Waals surface area contributed by atoms with Gasteiger partial charge in [0.05, 0.1) is 10.6 Å². The number of carbonyl (C=O) groups is 2. The number of nitrogens with one attached hydrogen (secondary N) is 1. The fraction of sp³-hybridized carbons (Fsp3) is 0.259. The average Bonchev–Trinajstić information content (AvgIpc) is 2.87. The van der Waals surface area contributed by atoms with E-state index in [1.807, 2.05) is 31.2 Å². The summed E-state index contributed by atoms with van der Waals surface area (Å²) in [4.78, 5) is 27.9. The average molecular weight is 573 g/mol. The van der Waals surface area contributed by atoms with E-state index in [-0.39, 0.29) is 17.3 Å². The molecule has 1 N–H and O–H groups in total. The molecule has 0 spiro atoms. The van der Waals surface area contributed by atoms with Crippen LogP contribution in [0.15, 0.2) is 88.2 Å². The summed E-state index contributed by atoms with van der Waals surface area (Å²) >= 11 is 3.37. The van der Waals surface area contributed by atoms with Gasteiger partial charge in [-0.3, -0.25) is 13.9 Å². The van der Waals surface area contributed by atoms with Crippen molar-refractivity contribution < 1.29 is 18.0 Å². The molecule has 0 unspecified atom stereocenters. The van der Waals surface area contributed by atoms with Crippen molar-refractivity contribution in [2.24, 2.45) is 0 Å². The number of benzene rings is 3. The molecule has 0 saturated heterocycles. The maximum atomic E-state index is 13.7. The molecule has 3 rings (SSSR count). The first-order valence-corrected chi connectivity index (χ1v) is 13.8. The van der Waals surface area contributed by atoms with Gasteiger partial charge in [-0.05, 0) is 62.7 Å². The number of rotatable bonds is 10. The van der Waals surface area contributed by atoms with Gasteiger partial charge in [0.15, 0.2) is 0 Å². The molecular weight excluding hydrogens is 542 g/mol. The number of halogens is 1. The lowest BCUT2D eigenvalue weighted by molar-refractivity contribution is -0.139. The molecule has 0 bridgehead atoms. The van der Waals surface area contributed by atoms with E-state index in [0.29, 0.717) is 12.2 Å². The number of anilines is 1. The highest BCUT2D eigenvalue weighted by molar-refractivity contribution is 9.10. The summed E-state index contributed by atoms with van der Waals surface area (Å²) in [5, 5.41) is 2.75. The molecule has 9 heteroatoms. The zero-order valence-corrected chi connectivity index (χ0v) is 22.9. The molecule has 3 aromatic carbocycles. The lowest BCUT2D eigenvalue weighted by atomic mass is 10.1. The quantitative estimate of drug-likeness (QED) is 0.388. The van der Waals surface area contributed by atoms with Crippen molar-refractivity contribution in [2.75, 3.05) is 17.4 Å². The minimum absolute atomic E-state index is 0.0718. The van der Waals surface area contributed by atoms with E-state index < -0.39 is 28.5 Å². The zero-order chi connectivity index (χ0) is 26.3. The molecule has 0 aliphatic rings. The fourth-order valence-corrected chi connectivity index (χ4v) is 5.35. The van der Waals surface area contributed by atoms with Crippen LogP contribution < -0.4 is 9.62 Å². The first-order chi connectivity index (χ1) is 17.1. The number of sulfonamides is 1. The van der Waals surface area contributed by atoms with Crippen LogP contribution in [0.5, 0.6) is 0 Å². The van der Waals surface area contributed by atoms with E-state index in [9.17, 15) is 18.0 Å². The highest BCUT2D eigenvalue weighted by Gasteiger charge is 2.32. The van der Waals surface area contributed by atoms with Gasteiger partial charge in [-0.25, -0.2) is 8.42 Å². The molecule has 7 nitrogen and oxygen atoms in total. The van der Waals surface area contributed by atoms with Crippen molar-refractivity contribution in [3.63, 3.8) is 0 Å². The monoisotopic (exact) mass is 571 g/mol. The number of carbonyl (C=O) groups excluding carboxylic acids is 2. The van der Waals surface area contributed by atoms with E-state index in [0.717, 1.165) is 19.9 Å². The second-order valence-electron chi connectivity index (χ2n) is 8.38. The highest BCUT2D eigenvalue weighted by atomic mass is 79.9. The van der Waals surface area contributed by atoms with Gasteiger partial charge in [0, 0.05) is 17.6 Å². The topological polar surface area (TPSA) is 86.8 Å². The Hall–Kier alpha value is -3.17. The standard InChI is InChI=1S/C27H30BrN3O4S/c1-4-29-27(33)21(3)30(18-22-12-10-20(2)11-13-22)26(32)19-31(24-16-14-23(28)15-17-24)36(34,35)25-8-6-5-7-9-25/h5-17,21H,4,18-19H2,1-3H3,(H,29,33)/t21-/m1/s1.